The molecule has 4 atom stereocenters. The molecule has 0 radical (unpaired) electrons. The summed E-state index contributed by atoms with van der Waals surface area (Å²) in [6, 6.07) is 7.41. The second kappa shape index (κ2) is 3.32. The predicted octanol–water partition coefficient (Wildman–Crippen LogP) is -0.997. The number of carbonyl (C=O) groups is 2. The van der Waals surface area contributed by atoms with Gasteiger partial charge in [0.2, 0.25) is 0 Å². The maximum atomic E-state index is 11.0. The van der Waals surface area contributed by atoms with Crippen LogP contribution in [0.5, 0.6) is 0 Å². The van der Waals surface area contributed by atoms with E-state index in [0.29, 0.717) is 0 Å². The summed E-state index contributed by atoms with van der Waals surface area (Å²) in [7, 11) is 0. The van der Waals surface area contributed by atoms with Crippen molar-refractivity contribution in [2.75, 3.05) is 0 Å². The SMILES string of the molecule is O=C([O-])[C@H]1C[C@@H](C(=O)[O-])[C@H]2c3ccccc3[C@H]21. The van der Waals surface area contributed by atoms with Crippen molar-refractivity contribution in [1.82, 2.24) is 0 Å². The van der Waals surface area contributed by atoms with Gasteiger partial charge in [-0.15, -0.1) is 0 Å². The van der Waals surface area contributed by atoms with E-state index in [9.17, 15) is 19.8 Å². The van der Waals surface area contributed by atoms with Gasteiger partial charge in [0.1, 0.15) is 0 Å². The number of fused-ring (bicyclic) bond motifs is 4. The Kier molecular flexibility index (Phi) is 2.02. The lowest BCUT2D eigenvalue weighted by Crippen LogP contribution is -2.38. The first-order chi connectivity index (χ1) is 8.11. The Morgan fingerprint density at radius 2 is 1.35 bits per heavy atom. The van der Waals surface area contributed by atoms with E-state index in [1.54, 1.807) is 0 Å². The molecule has 0 N–H and O–H groups in total. The fraction of sp³-hybridized carbons (Fsp3) is 0.385. The van der Waals surface area contributed by atoms with Gasteiger partial charge < -0.3 is 19.8 Å². The molecule has 0 unspecified atom stereocenters. The van der Waals surface area contributed by atoms with Gasteiger partial charge >= 0.3 is 0 Å². The fourth-order valence-electron chi connectivity index (χ4n) is 3.40. The molecule has 0 heterocycles. The molecule has 2 aliphatic rings. The van der Waals surface area contributed by atoms with Gasteiger partial charge in [-0.25, -0.2) is 0 Å². The molecule has 0 bridgehead atoms. The molecule has 17 heavy (non-hydrogen) atoms. The minimum atomic E-state index is -1.15. The van der Waals surface area contributed by atoms with Crippen LogP contribution in [0.3, 0.4) is 0 Å². The molecule has 88 valence electrons. The topological polar surface area (TPSA) is 80.3 Å². The Labute approximate surface area is 97.9 Å². The van der Waals surface area contributed by atoms with Crippen molar-refractivity contribution in [3.05, 3.63) is 35.4 Å². The van der Waals surface area contributed by atoms with Crippen LogP contribution in [-0.4, -0.2) is 11.9 Å². The van der Waals surface area contributed by atoms with E-state index in [1.165, 1.54) is 0 Å². The lowest BCUT2D eigenvalue weighted by Gasteiger charge is -2.40. The summed E-state index contributed by atoms with van der Waals surface area (Å²) in [5, 5.41) is 22.1. The van der Waals surface area contributed by atoms with Crippen molar-refractivity contribution in [2.45, 2.75) is 18.3 Å². The van der Waals surface area contributed by atoms with Crippen molar-refractivity contribution < 1.29 is 19.8 Å². The third-order valence-electron chi connectivity index (χ3n) is 4.08. The van der Waals surface area contributed by atoms with Crippen molar-refractivity contribution in [3.8, 4) is 0 Å². The Hall–Kier alpha value is -1.84. The minimum absolute atomic E-state index is 0.120. The van der Waals surface area contributed by atoms with Crippen LogP contribution >= 0.6 is 0 Å². The second-order valence-electron chi connectivity index (χ2n) is 4.77. The highest BCUT2D eigenvalue weighted by molar-refractivity contribution is 5.78. The number of hydrogen-bond acceptors (Lipinski definition) is 4. The highest BCUT2D eigenvalue weighted by atomic mass is 16.4. The number of rotatable bonds is 2. The van der Waals surface area contributed by atoms with Crippen molar-refractivity contribution in [3.63, 3.8) is 0 Å². The number of carboxylic acid groups (broad SMARTS) is 2. The Balaban J connectivity index is 2.05. The number of benzene rings is 1. The standard InChI is InChI=1S/C13H12O4/c14-12(15)8-5-9(13(16)17)11-7-4-2-1-3-6(7)10(8)11/h1-4,8-11H,5H2,(H,14,15)(H,16,17)/p-2/t8-,9+,10-,11+. The molecule has 1 aromatic rings. The molecule has 0 aromatic heterocycles. The average molecular weight is 230 g/mol. The number of carboxylic acids is 2. The van der Waals surface area contributed by atoms with Crippen molar-refractivity contribution >= 4 is 11.9 Å². The van der Waals surface area contributed by atoms with E-state index >= 15 is 0 Å². The average Bonchev–Trinajstić information content (AvgIpc) is 2.61. The summed E-state index contributed by atoms with van der Waals surface area (Å²) < 4.78 is 0. The summed E-state index contributed by atoms with van der Waals surface area (Å²) in [5.74, 6) is -4.12. The zero-order chi connectivity index (χ0) is 12.2. The Bertz CT molecular complexity index is 463. The first kappa shape index (κ1) is 10.3. The van der Waals surface area contributed by atoms with Gasteiger partial charge in [-0.1, -0.05) is 24.3 Å². The van der Waals surface area contributed by atoms with Crippen LogP contribution in [0, 0.1) is 11.8 Å². The van der Waals surface area contributed by atoms with Gasteiger partial charge in [-0.05, 0) is 29.4 Å². The minimum Gasteiger partial charge on any atom is -0.550 e. The maximum absolute atomic E-state index is 11.0. The van der Waals surface area contributed by atoms with Crippen LogP contribution in [0.1, 0.15) is 29.4 Å². The third kappa shape index (κ3) is 1.24. The van der Waals surface area contributed by atoms with Crippen molar-refractivity contribution in [2.24, 2.45) is 11.8 Å². The molecule has 0 spiro atoms. The molecule has 0 amide bonds. The van der Waals surface area contributed by atoms with Crippen LogP contribution in [0.4, 0.5) is 0 Å². The van der Waals surface area contributed by atoms with E-state index in [1.807, 2.05) is 24.3 Å². The van der Waals surface area contributed by atoms with Crippen molar-refractivity contribution in [1.29, 1.82) is 0 Å². The molecule has 1 aromatic carbocycles. The van der Waals surface area contributed by atoms with E-state index in [-0.39, 0.29) is 18.3 Å². The molecule has 1 saturated carbocycles. The highest BCUT2D eigenvalue weighted by Gasteiger charge is 2.52. The lowest BCUT2D eigenvalue weighted by atomic mass is 9.65. The van der Waals surface area contributed by atoms with Crippen LogP contribution < -0.4 is 10.2 Å². The second-order valence-corrected chi connectivity index (χ2v) is 4.77. The summed E-state index contributed by atoms with van der Waals surface area (Å²) >= 11 is 0. The van der Waals surface area contributed by atoms with Gasteiger partial charge in [0.15, 0.2) is 0 Å². The van der Waals surface area contributed by atoms with Crippen LogP contribution in [0.25, 0.3) is 0 Å². The highest BCUT2D eigenvalue weighted by Crippen LogP contribution is 2.61. The first-order valence-corrected chi connectivity index (χ1v) is 5.62. The quantitative estimate of drug-likeness (QED) is 0.653. The number of aliphatic carboxylic acids is 2. The fourth-order valence-corrected chi connectivity index (χ4v) is 3.40. The van der Waals surface area contributed by atoms with E-state index in [4.69, 9.17) is 0 Å². The summed E-state index contributed by atoms with van der Waals surface area (Å²) in [6.07, 6.45) is 0.120. The lowest BCUT2D eigenvalue weighted by molar-refractivity contribution is -0.313. The van der Waals surface area contributed by atoms with Gasteiger partial charge in [0.05, 0.1) is 0 Å². The normalized spacial score (nSPS) is 33.4. The molecule has 3 rings (SSSR count). The van der Waals surface area contributed by atoms with E-state index in [0.717, 1.165) is 11.1 Å². The zero-order valence-electron chi connectivity index (χ0n) is 8.96. The largest absolute Gasteiger partial charge is 0.550 e. The monoisotopic (exact) mass is 230 g/mol. The Morgan fingerprint density at radius 1 is 0.941 bits per heavy atom. The van der Waals surface area contributed by atoms with E-state index in [2.05, 4.69) is 0 Å². The number of hydrogen-bond donors (Lipinski definition) is 0. The van der Waals surface area contributed by atoms with Gasteiger partial charge in [-0.2, -0.15) is 0 Å². The molecule has 4 nitrogen and oxygen atoms in total. The van der Waals surface area contributed by atoms with Gasteiger partial charge in [0, 0.05) is 23.8 Å². The molecule has 2 aliphatic carbocycles. The van der Waals surface area contributed by atoms with Gasteiger partial charge in [0.25, 0.3) is 0 Å². The zero-order valence-corrected chi connectivity index (χ0v) is 8.96. The summed E-state index contributed by atoms with van der Waals surface area (Å²) in [6.45, 7) is 0. The molecular weight excluding hydrogens is 220 g/mol. The third-order valence-corrected chi connectivity index (χ3v) is 4.08. The molecule has 0 saturated heterocycles. The molecule has 1 fully saturated rings. The number of carbonyl (C=O) groups excluding carboxylic acids is 2. The smallest absolute Gasteiger partial charge is 0.0451 e. The Morgan fingerprint density at radius 3 is 1.71 bits per heavy atom. The van der Waals surface area contributed by atoms with Gasteiger partial charge in [-0.3, -0.25) is 0 Å². The molecule has 4 heteroatoms. The first-order valence-electron chi connectivity index (χ1n) is 5.62. The predicted molar refractivity (Wildman–Crippen MR) is 53.5 cm³/mol. The maximum Gasteiger partial charge on any atom is 0.0451 e. The molecular formula is C13H10O4-2. The van der Waals surface area contributed by atoms with Crippen LogP contribution in [-0.2, 0) is 9.59 Å². The molecule has 0 aliphatic heterocycles. The van der Waals surface area contributed by atoms with E-state index < -0.39 is 23.8 Å². The summed E-state index contributed by atoms with van der Waals surface area (Å²) in [5.41, 5.74) is 1.91. The summed E-state index contributed by atoms with van der Waals surface area (Å²) in [4.78, 5) is 22.1. The van der Waals surface area contributed by atoms with Crippen LogP contribution in [0.2, 0.25) is 0 Å². The van der Waals surface area contributed by atoms with Crippen LogP contribution in [0.15, 0.2) is 24.3 Å².